The molecule has 0 unspecified atom stereocenters. The van der Waals surface area contributed by atoms with Crippen molar-refractivity contribution >= 4 is 22.5 Å². The van der Waals surface area contributed by atoms with Crippen molar-refractivity contribution in [3.63, 3.8) is 0 Å². The highest BCUT2D eigenvalue weighted by atomic mass is 16.2. The van der Waals surface area contributed by atoms with Crippen molar-refractivity contribution in [2.24, 2.45) is 0 Å². The minimum Gasteiger partial charge on any atom is -0.324 e. The predicted molar refractivity (Wildman–Crippen MR) is 89.8 cm³/mol. The van der Waals surface area contributed by atoms with Gasteiger partial charge >= 0.3 is 0 Å². The Labute approximate surface area is 130 Å². The highest BCUT2D eigenvalue weighted by Gasteiger charge is 2.29. The fourth-order valence-corrected chi connectivity index (χ4v) is 2.41. The molecule has 1 aromatic heterocycles. The summed E-state index contributed by atoms with van der Waals surface area (Å²) < 4.78 is 0. The number of nitrogens with zero attached hydrogens (tertiary/aromatic N) is 1. The molecule has 0 aliphatic rings. The molecule has 3 nitrogen and oxygen atoms in total. The van der Waals surface area contributed by atoms with Crippen molar-refractivity contribution in [3.8, 4) is 0 Å². The zero-order valence-corrected chi connectivity index (χ0v) is 12.7. The van der Waals surface area contributed by atoms with Crippen LogP contribution in [0.3, 0.4) is 0 Å². The van der Waals surface area contributed by atoms with Crippen LogP contribution in [-0.4, -0.2) is 10.9 Å². The monoisotopic (exact) mass is 290 g/mol. The molecule has 0 aliphatic carbocycles. The Bertz CT molecular complexity index is 810. The number of pyridine rings is 1. The van der Waals surface area contributed by atoms with E-state index >= 15 is 0 Å². The Kier molecular flexibility index (Phi) is 3.63. The number of amides is 1. The van der Waals surface area contributed by atoms with E-state index in [1.165, 1.54) is 0 Å². The molecule has 2 aromatic carbocycles. The number of para-hydroxylation sites is 1. The normalized spacial score (nSPS) is 11.4. The number of rotatable bonds is 3. The van der Waals surface area contributed by atoms with Crippen molar-refractivity contribution in [2.75, 3.05) is 5.32 Å². The number of nitrogens with one attached hydrogen (secondary N) is 1. The maximum absolute atomic E-state index is 12.6. The van der Waals surface area contributed by atoms with Crippen LogP contribution in [-0.2, 0) is 10.2 Å². The van der Waals surface area contributed by atoms with E-state index in [1.807, 2.05) is 74.5 Å². The highest BCUT2D eigenvalue weighted by Crippen LogP contribution is 2.25. The Morgan fingerprint density at radius 1 is 1.00 bits per heavy atom. The van der Waals surface area contributed by atoms with Crippen LogP contribution in [0.5, 0.6) is 0 Å². The number of hydrogen-bond donors (Lipinski definition) is 1. The van der Waals surface area contributed by atoms with Gasteiger partial charge < -0.3 is 5.32 Å². The molecule has 1 amide bonds. The number of aromatic nitrogens is 1. The van der Waals surface area contributed by atoms with Crippen LogP contribution in [0.1, 0.15) is 19.4 Å². The van der Waals surface area contributed by atoms with Crippen molar-refractivity contribution in [3.05, 3.63) is 72.4 Å². The number of hydrogen-bond acceptors (Lipinski definition) is 2. The molecule has 3 aromatic rings. The van der Waals surface area contributed by atoms with Gasteiger partial charge in [0.1, 0.15) is 0 Å². The van der Waals surface area contributed by atoms with Crippen molar-refractivity contribution < 1.29 is 4.79 Å². The first kappa shape index (κ1) is 14.3. The van der Waals surface area contributed by atoms with E-state index in [2.05, 4.69) is 10.3 Å². The molecule has 0 atom stereocenters. The van der Waals surface area contributed by atoms with Crippen molar-refractivity contribution in [1.29, 1.82) is 0 Å². The van der Waals surface area contributed by atoms with E-state index in [9.17, 15) is 4.79 Å². The summed E-state index contributed by atoms with van der Waals surface area (Å²) in [6, 6.07) is 19.6. The first-order chi connectivity index (χ1) is 10.6. The van der Waals surface area contributed by atoms with Gasteiger partial charge in [0.25, 0.3) is 0 Å². The van der Waals surface area contributed by atoms with Gasteiger partial charge in [-0.1, -0.05) is 48.5 Å². The Morgan fingerprint density at radius 2 is 1.68 bits per heavy atom. The molecule has 3 rings (SSSR count). The van der Waals surface area contributed by atoms with Gasteiger partial charge in [0, 0.05) is 5.39 Å². The summed E-state index contributed by atoms with van der Waals surface area (Å²) in [6.45, 7) is 3.85. The molecule has 0 aliphatic heterocycles. The third-order valence-corrected chi connectivity index (χ3v) is 3.91. The van der Waals surface area contributed by atoms with E-state index in [0.29, 0.717) is 5.69 Å². The summed E-state index contributed by atoms with van der Waals surface area (Å²) in [5, 5.41) is 3.98. The van der Waals surface area contributed by atoms with Crippen molar-refractivity contribution in [2.45, 2.75) is 19.3 Å². The number of carbonyl (C=O) groups excluding carboxylic acids is 1. The Hall–Kier alpha value is -2.68. The van der Waals surface area contributed by atoms with Crippen LogP contribution < -0.4 is 5.32 Å². The summed E-state index contributed by atoms with van der Waals surface area (Å²) in [5.41, 5.74) is 2.02. The van der Waals surface area contributed by atoms with E-state index in [-0.39, 0.29) is 5.91 Å². The fourth-order valence-electron chi connectivity index (χ4n) is 2.41. The van der Waals surface area contributed by atoms with Gasteiger partial charge in [-0.05, 0) is 31.5 Å². The molecular formula is C19H18N2O. The molecule has 22 heavy (non-hydrogen) atoms. The van der Waals surface area contributed by atoms with Crippen LogP contribution in [0.4, 0.5) is 5.69 Å². The van der Waals surface area contributed by atoms with Crippen LogP contribution >= 0.6 is 0 Å². The molecule has 1 heterocycles. The SMILES string of the molecule is CC(C)(C(=O)Nc1cnc2ccccc2c1)c1ccccc1. The third kappa shape index (κ3) is 2.70. The molecule has 0 spiro atoms. The molecule has 0 fully saturated rings. The summed E-state index contributed by atoms with van der Waals surface area (Å²) in [4.78, 5) is 17.0. The molecule has 3 heteroatoms. The van der Waals surface area contributed by atoms with Gasteiger partial charge in [0.2, 0.25) is 5.91 Å². The number of fused-ring (bicyclic) bond motifs is 1. The summed E-state index contributed by atoms with van der Waals surface area (Å²) >= 11 is 0. The fraction of sp³-hybridized carbons (Fsp3) is 0.158. The average molecular weight is 290 g/mol. The van der Waals surface area contributed by atoms with Crippen LogP contribution in [0, 0.1) is 0 Å². The molecule has 0 saturated carbocycles. The minimum atomic E-state index is -0.604. The Morgan fingerprint density at radius 3 is 2.45 bits per heavy atom. The largest absolute Gasteiger partial charge is 0.324 e. The lowest BCUT2D eigenvalue weighted by atomic mass is 9.83. The summed E-state index contributed by atoms with van der Waals surface area (Å²) in [5.74, 6) is -0.0456. The lowest BCUT2D eigenvalue weighted by molar-refractivity contribution is -0.120. The topological polar surface area (TPSA) is 42.0 Å². The quantitative estimate of drug-likeness (QED) is 0.787. The molecule has 0 bridgehead atoms. The maximum Gasteiger partial charge on any atom is 0.234 e. The maximum atomic E-state index is 12.6. The standard InChI is InChI=1S/C19H18N2O/c1-19(2,15-9-4-3-5-10-15)18(22)21-16-12-14-8-6-7-11-17(14)20-13-16/h3-13H,1-2H3,(H,21,22). The van der Waals surface area contributed by atoms with Crippen LogP contribution in [0.15, 0.2) is 66.9 Å². The van der Waals surface area contributed by atoms with Gasteiger partial charge in [-0.15, -0.1) is 0 Å². The molecule has 1 N–H and O–H groups in total. The van der Waals surface area contributed by atoms with Gasteiger partial charge in [-0.2, -0.15) is 0 Å². The van der Waals surface area contributed by atoms with E-state index in [0.717, 1.165) is 16.5 Å². The Balaban J connectivity index is 1.86. The second-order valence-electron chi connectivity index (χ2n) is 5.86. The van der Waals surface area contributed by atoms with E-state index in [1.54, 1.807) is 6.20 Å². The zero-order valence-electron chi connectivity index (χ0n) is 12.7. The summed E-state index contributed by atoms with van der Waals surface area (Å²) in [7, 11) is 0. The van der Waals surface area contributed by atoms with Crippen molar-refractivity contribution in [1.82, 2.24) is 4.98 Å². The lowest BCUT2D eigenvalue weighted by Crippen LogP contribution is -2.34. The van der Waals surface area contributed by atoms with Gasteiger partial charge in [-0.3, -0.25) is 9.78 Å². The predicted octanol–water partition coefficient (Wildman–Crippen LogP) is 4.15. The number of carbonyl (C=O) groups is 1. The van der Waals surface area contributed by atoms with Gasteiger partial charge in [-0.25, -0.2) is 0 Å². The molecule has 0 radical (unpaired) electrons. The average Bonchev–Trinajstić information content (AvgIpc) is 2.55. The van der Waals surface area contributed by atoms with E-state index in [4.69, 9.17) is 0 Å². The van der Waals surface area contributed by atoms with Gasteiger partial charge in [0.05, 0.1) is 22.8 Å². The zero-order chi connectivity index (χ0) is 15.6. The first-order valence-electron chi connectivity index (χ1n) is 7.29. The second-order valence-corrected chi connectivity index (χ2v) is 5.86. The third-order valence-electron chi connectivity index (χ3n) is 3.91. The number of anilines is 1. The smallest absolute Gasteiger partial charge is 0.234 e. The van der Waals surface area contributed by atoms with Crippen LogP contribution in [0.25, 0.3) is 10.9 Å². The first-order valence-corrected chi connectivity index (χ1v) is 7.29. The second kappa shape index (κ2) is 5.60. The highest BCUT2D eigenvalue weighted by molar-refractivity contribution is 5.99. The lowest BCUT2D eigenvalue weighted by Gasteiger charge is -2.24. The molecule has 0 saturated heterocycles. The summed E-state index contributed by atoms with van der Waals surface area (Å²) in [6.07, 6.45) is 1.70. The van der Waals surface area contributed by atoms with E-state index < -0.39 is 5.41 Å². The minimum absolute atomic E-state index is 0.0456. The number of benzene rings is 2. The molecular weight excluding hydrogens is 272 g/mol. The molecule has 110 valence electrons. The van der Waals surface area contributed by atoms with Gasteiger partial charge in [0.15, 0.2) is 0 Å². The van der Waals surface area contributed by atoms with Crippen LogP contribution in [0.2, 0.25) is 0 Å².